The van der Waals surface area contributed by atoms with Crippen molar-refractivity contribution in [3.63, 3.8) is 0 Å². The molecule has 1 atom stereocenters. The number of aromatic nitrogens is 1. The number of piperidine rings is 1. The third-order valence-corrected chi connectivity index (χ3v) is 6.39. The Labute approximate surface area is 136 Å². The lowest BCUT2D eigenvalue weighted by atomic mass is 10.2. The summed E-state index contributed by atoms with van der Waals surface area (Å²) in [6, 6.07) is 2.56. The van der Waals surface area contributed by atoms with Crippen LogP contribution in [0, 0.1) is 0 Å². The Bertz CT molecular complexity index is 668. The third kappa shape index (κ3) is 3.18. The average Bonchev–Trinajstić information content (AvgIpc) is 3.06. The van der Waals surface area contributed by atoms with E-state index in [1.807, 2.05) is 0 Å². The summed E-state index contributed by atoms with van der Waals surface area (Å²) in [4.78, 5) is 17.4. The zero-order valence-electron chi connectivity index (χ0n) is 12.9. The molecule has 2 aliphatic rings. The summed E-state index contributed by atoms with van der Waals surface area (Å²) < 4.78 is 26.6. The first kappa shape index (κ1) is 16.2. The monoisotopic (exact) mass is 339 g/mol. The first-order valence-electron chi connectivity index (χ1n) is 7.96. The minimum Gasteiger partial charge on any atom is -0.480 e. The molecular weight excluding hydrogens is 318 g/mol. The van der Waals surface area contributed by atoms with Crippen molar-refractivity contribution in [2.24, 2.45) is 0 Å². The number of carboxylic acid groups (broad SMARTS) is 1. The number of aliphatic carboxylic acids is 1. The molecule has 1 aromatic rings. The maximum absolute atomic E-state index is 12.6. The molecular formula is C15H21N3O4S. The van der Waals surface area contributed by atoms with Gasteiger partial charge in [-0.1, -0.05) is 6.42 Å². The van der Waals surface area contributed by atoms with Crippen LogP contribution >= 0.6 is 0 Å². The Hall–Kier alpha value is -1.67. The predicted molar refractivity (Wildman–Crippen MR) is 84.9 cm³/mol. The minimum absolute atomic E-state index is 0.175. The van der Waals surface area contributed by atoms with E-state index >= 15 is 0 Å². The van der Waals surface area contributed by atoms with E-state index in [0.717, 1.165) is 25.7 Å². The van der Waals surface area contributed by atoms with Crippen LogP contribution in [0.5, 0.6) is 0 Å². The van der Waals surface area contributed by atoms with Gasteiger partial charge in [0.05, 0.1) is 0 Å². The van der Waals surface area contributed by atoms with Gasteiger partial charge in [0.2, 0.25) is 10.0 Å². The molecule has 7 nitrogen and oxygen atoms in total. The van der Waals surface area contributed by atoms with Crippen molar-refractivity contribution in [2.75, 3.05) is 24.5 Å². The van der Waals surface area contributed by atoms with Gasteiger partial charge in [-0.25, -0.2) is 18.2 Å². The minimum atomic E-state index is -3.50. The smallest absolute Gasteiger partial charge is 0.326 e. The number of sulfonamides is 1. The van der Waals surface area contributed by atoms with Crippen LogP contribution in [0.4, 0.5) is 5.82 Å². The lowest BCUT2D eigenvalue weighted by Crippen LogP contribution is -2.37. The summed E-state index contributed by atoms with van der Waals surface area (Å²) >= 11 is 0. The first-order valence-corrected chi connectivity index (χ1v) is 9.40. The molecule has 3 rings (SSSR count). The zero-order chi connectivity index (χ0) is 16.4. The van der Waals surface area contributed by atoms with E-state index in [9.17, 15) is 18.3 Å². The summed E-state index contributed by atoms with van der Waals surface area (Å²) in [5.74, 6) is -0.346. The standard InChI is InChI=1S/C15H21N3O4S/c19-15(20)13-5-4-10-18(13)14-7-6-12(11-16-14)23(21,22)17-8-2-1-3-9-17/h6-7,11,13H,1-5,8-10H2,(H,19,20). The fourth-order valence-corrected chi connectivity index (χ4v) is 4.71. The van der Waals surface area contributed by atoms with Crippen LogP contribution in [0.2, 0.25) is 0 Å². The summed E-state index contributed by atoms with van der Waals surface area (Å²) in [6.07, 6.45) is 5.57. The molecule has 0 saturated carbocycles. The molecule has 1 aromatic heterocycles. The van der Waals surface area contributed by atoms with E-state index in [-0.39, 0.29) is 4.90 Å². The Balaban J connectivity index is 1.80. The third-order valence-electron chi connectivity index (χ3n) is 4.51. The SMILES string of the molecule is O=C(O)C1CCCN1c1ccc(S(=O)(=O)N2CCCCC2)cn1. The molecule has 2 fully saturated rings. The highest BCUT2D eigenvalue weighted by atomic mass is 32.2. The zero-order valence-corrected chi connectivity index (χ0v) is 13.7. The quantitative estimate of drug-likeness (QED) is 0.889. The number of nitrogens with zero attached hydrogens (tertiary/aromatic N) is 3. The van der Waals surface area contributed by atoms with E-state index < -0.39 is 22.0 Å². The van der Waals surface area contributed by atoms with Crippen molar-refractivity contribution in [1.29, 1.82) is 0 Å². The van der Waals surface area contributed by atoms with E-state index in [2.05, 4.69) is 4.98 Å². The van der Waals surface area contributed by atoms with Crippen LogP contribution < -0.4 is 4.90 Å². The van der Waals surface area contributed by atoms with Crippen molar-refractivity contribution in [2.45, 2.75) is 43.0 Å². The molecule has 0 aliphatic carbocycles. The van der Waals surface area contributed by atoms with Crippen molar-refractivity contribution < 1.29 is 18.3 Å². The number of pyridine rings is 1. The second-order valence-corrected chi connectivity index (χ2v) is 7.94. The first-order chi connectivity index (χ1) is 11.0. The fourth-order valence-electron chi connectivity index (χ4n) is 3.25. The van der Waals surface area contributed by atoms with Gasteiger partial charge in [0.15, 0.2) is 0 Å². The number of carboxylic acids is 1. The molecule has 1 unspecified atom stereocenters. The van der Waals surface area contributed by atoms with Crippen molar-refractivity contribution in [1.82, 2.24) is 9.29 Å². The average molecular weight is 339 g/mol. The summed E-state index contributed by atoms with van der Waals surface area (Å²) in [6.45, 7) is 1.73. The second kappa shape index (κ2) is 6.45. The van der Waals surface area contributed by atoms with Crippen LogP contribution in [-0.2, 0) is 14.8 Å². The molecule has 23 heavy (non-hydrogen) atoms. The van der Waals surface area contributed by atoms with Gasteiger partial charge in [-0.3, -0.25) is 0 Å². The Morgan fingerprint density at radius 2 is 1.87 bits per heavy atom. The number of hydrogen-bond donors (Lipinski definition) is 1. The van der Waals surface area contributed by atoms with Crippen molar-refractivity contribution in [3.8, 4) is 0 Å². The van der Waals surface area contributed by atoms with Crippen LogP contribution in [0.25, 0.3) is 0 Å². The number of hydrogen-bond acceptors (Lipinski definition) is 5. The van der Waals surface area contributed by atoms with Crippen LogP contribution in [-0.4, -0.2) is 54.5 Å². The molecule has 2 saturated heterocycles. The van der Waals surface area contributed by atoms with E-state index in [4.69, 9.17) is 0 Å². The van der Waals surface area contributed by atoms with Crippen molar-refractivity contribution in [3.05, 3.63) is 18.3 Å². The molecule has 8 heteroatoms. The molecule has 2 aliphatic heterocycles. The van der Waals surface area contributed by atoms with Gasteiger partial charge in [-0.05, 0) is 37.8 Å². The molecule has 0 bridgehead atoms. The Kier molecular flexibility index (Phi) is 4.54. The second-order valence-electron chi connectivity index (χ2n) is 6.01. The molecule has 1 N–H and O–H groups in total. The number of anilines is 1. The van der Waals surface area contributed by atoms with Gasteiger partial charge < -0.3 is 10.0 Å². The topological polar surface area (TPSA) is 90.8 Å². The van der Waals surface area contributed by atoms with Gasteiger partial charge >= 0.3 is 5.97 Å². The van der Waals surface area contributed by atoms with E-state index in [0.29, 0.717) is 31.9 Å². The lowest BCUT2D eigenvalue weighted by molar-refractivity contribution is -0.138. The molecule has 3 heterocycles. The maximum atomic E-state index is 12.6. The highest BCUT2D eigenvalue weighted by molar-refractivity contribution is 7.89. The van der Waals surface area contributed by atoms with Crippen LogP contribution in [0.1, 0.15) is 32.1 Å². The number of rotatable bonds is 4. The van der Waals surface area contributed by atoms with Crippen LogP contribution in [0.3, 0.4) is 0 Å². The lowest BCUT2D eigenvalue weighted by Gasteiger charge is -2.26. The largest absolute Gasteiger partial charge is 0.480 e. The van der Waals surface area contributed by atoms with Crippen molar-refractivity contribution >= 4 is 21.8 Å². The Morgan fingerprint density at radius 1 is 1.13 bits per heavy atom. The molecule has 0 aromatic carbocycles. The maximum Gasteiger partial charge on any atom is 0.326 e. The molecule has 0 radical (unpaired) electrons. The van der Waals surface area contributed by atoms with E-state index in [1.165, 1.54) is 16.6 Å². The van der Waals surface area contributed by atoms with Gasteiger partial charge in [0.1, 0.15) is 16.8 Å². The molecule has 0 amide bonds. The van der Waals surface area contributed by atoms with Crippen LogP contribution in [0.15, 0.2) is 23.2 Å². The summed E-state index contributed by atoms with van der Waals surface area (Å²) in [5, 5.41) is 9.23. The predicted octanol–water partition coefficient (Wildman–Crippen LogP) is 1.31. The van der Waals surface area contributed by atoms with Gasteiger partial charge in [0, 0.05) is 25.8 Å². The Morgan fingerprint density at radius 3 is 2.48 bits per heavy atom. The highest BCUT2D eigenvalue weighted by Crippen LogP contribution is 2.26. The summed E-state index contributed by atoms with van der Waals surface area (Å²) in [5.41, 5.74) is 0. The highest BCUT2D eigenvalue weighted by Gasteiger charge is 2.32. The van der Waals surface area contributed by atoms with E-state index in [1.54, 1.807) is 11.0 Å². The summed E-state index contributed by atoms with van der Waals surface area (Å²) in [7, 11) is -3.50. The molecule has 126 valence electrons. The fraction of sp³-hybridized carbons (Fsp3) is 0.600. The normalized spacial score (nSPS) is 23.1. The number of carbonyl (C=O) groups is 1. The molecule has 0 spiro atoms. The van der Waals surface area contributed by atoms with Gasteiger partial charge in [-0.15, -0.1) is 0 Å². The van der Waals surface area contributed by atoms with Gasteiger partial charge in [-0.2, -0.15) is 4.31 Å². The van der Waals surface area contributed by atoms with Gasteiger partial charge in [0.25, 0.3) is 0 Å².